The van der Waals surface area contributed by atoms with Crippen molar-refractivity contribution in [3.05, 3.63) is 33.8 Å². The van der Waals surface area contributed by atoms with Crippen molar-refractivity contribution in [3.8, 4) is 0 Å². The van der Waals surface area contributed by atoms with Crippen molar-refractivity contribution in [2.75, 3.05) is 0 Å². The molecule has 1 atom stereocenters. The number of hydrogen-bond donors (Lipinski definition) is 1. The minimum absolute atomic E-state index is 0.0967. The van der Waals surface area contributed by atoms with Crippen LogP contribution in [0, 0.1) is 0 Å². The molecule has 0 bridgehead atoms. The van der Waals surface area contributed by atoms with Crippen LogP contribution in [0.1, 0.15) is 38.2 Å². The van der Waals surface area contributed by atoms with Crippen molar-refractivity contribution >= 4 is 29.1 Å². The van der Waals surface area contributed by atoms with E-state index in [4.69, 9.17) is 23.2 Å². The topological polar surface area (TPSA) is 40.5 Å². The first kappa shape index (κ1) is 15.6. The number of aliphatic hydroxyl groups excluding tert-OH is 1. The van der Waals surface area contributed by atoms with Crippen LogP contribution in [-0.4, -0.2) is 28.1 Å². The second-order valence-electron chi connectivity index (χ2n) is 5.39. The molecule has 1 aliphatic rings. The molecule has 0 heterocycles. The Morgan fingerprint density at radius 3 is 2.65 bits per heavy atom. The van der Waals surface area contributed by atoms with Gasteiger partial charge in [0.05, 0.1) is 16.1 Å². The summed E-state index contributed by atoms with van der Waals surface area (Å²) in [5.74, 6) is 0.0967. The number of rotatable bonds is 6. The molecule has 1 aromatic rings. The third-order valence-electron chi connectivity index (χ3n) is 3.42. The van der Waals surface area contributed by atoms with Gasteiger partial charge in [0.25, 0.3) is 0 Å². The van der Waals surface area contributed by atoms with Gasteiger partial charge in [0.1, 0.15) is 0 Å². The fourth-order valence-electron chi connectivity index (χ4n) is 2.12. The van der Waals surface area contributed by atoms with Gasteiger partial charge >= 0.3 is 0 Å². The fourth-order valence-corrected chi connectivity index (χ4v) is 2.44. The number of hydrogen-bond acceptors (Lipinski definition) is 2. The summed E-state index contributed by atoms with van der Waals surface area (Å²) >= 11 is 11.9. The fraction of sp³-hybridized carbons (Fsp3) is 0.533. The highest BCUT2D eigenvalue weighted by Gasteiger charge is 2.32. The summed E-state index contributed by atoms with van der Waals surface area (Å²) in [5, 5.41) is 10.3. The maximum Gasteiger partial charge on any atom is 0.223 e. The summed E-state index contributed by atoms with van der Waals surface area (Å²) in [7, 11) is 0. The van der Waals surface area contributed by atoms with E-state index in [-0.39, 0.29) is 5.91 Å². The first-order chi connectivity index (χ1) is 9.47. The van der Waals surface area contributed by atoms with Crippen LogP contribution in [0.3, 0.4) is 0 Å². The molecular weight excluding hydrogens is 297 g/mol. The molecule has 0 aliphatic heterocycles. The van der Waals surface area contributed by atoms with Gasteiger partial charge in [-0.1, -0.05) is 29.3 Å². The molecule has 1 fully saturated rings. The van der Waals surface area contributed by atoms with Gasteiger partial charge in [-0.3, -0.25) is 4.79 Å². The Morgan fingerprint density at radius 2 is 2.10 bits per heavy atom. The third kappa shape index (κ3) is 4.37. The molecule has 1 N–H and O–H groups in total. The molecule has 0 saturated heterocycles. The molecule has 0 radical (unpaired) electrons. The van der Waals surface area contributed by atoms with Crippen molar-refractivity contribution in [2.45, 2.75) is 51.3 Å². The SMILES string of the molecule is CC(O)CCC(=O)N(Cc1ccc(Cl)c(Cl)c1)C1CC1. The summed E-state index contributed by atoms with van der Waals surface area (Å²) in [6, 6.07) is 5.79. The Kier molecular flexibility index (Phi) is 5.30. The van der Waals surface area contributed by atoms with E-state index in [2.05, 4.69) is 0 Å². The summed E-state index contributed by atoms with van der Waals surface area (Å²) in [6.45, 7) is 2.26. The Morgan fingerprint density at radius 1 is 1.40 bits per heavy atom. The highest BCUT2D eigenvalue weighted by Crippen LogP contribution is 2.30. The molecule has 3 nitrogen and oxygen atoms in total. The van der Waals surface area contributed by atoms with Gasteiger partial charge in [-0.2, -0.15) is 0 Å². The summed E-state index contributed by atoms with van der Waals surface area (Å²) in [6.07, 6.45) is 2.56. The van der Waals surface area contributed by atoms with Crippen LogP contribution >= 0.6 is 23.2 Å². The van der Waals surface area contributed by atoms with Crippen molar-refractivity contribution in [2.24, 2.45) is 0 Å². The van der Waals surface area contributed by atoms with E-state index in [1.807, 2.05) is 11.0 Å². The molecule has 110 valence electrons. The summed E-state index contributed by atoms with van der Waals surface area (Å²) in [4.78, 5) is 14.1. The number of benzene rings is 1. The number of amides is 1. The van der Waals surface area contributed by atoms with Gasteiger partial charge in [-0.25, -0.2) is 0 Å². The maximum absolute atomic E-state index is 12.2. The Balaban J connectivity index is 2.01. The van der Waals surface area contributed by atoms with Crippen LogP contribution in [0.2, 0.25) is 10.0 Å². The molecular formula is C15H19Cl2NO2. The van der Waals surface area contributed by atoms with E-state index >= 15 is 0 Å². The van der Waals surface area contributed by atoms with Crippen LogP contribution in [0.25, 0.3) is 0 Å². The highest BCUT2D eigenvalue weighted by atomic mass is 35.5. The Hall–Kier alpha value is -0.770. The molecule has 5 heteroatoms. The number of carbonyl (C=O) groups excluding carboxylic acids is 1. The summed E-state index contributed by atoms with van der Waals surface area (Å²) < 4.78 is 0. The van der Waals surface area contributed by atoms with Crippen molar-refractivity contribution < 1.29 is 9.90 Å². The van der Waals surface area contributed by atoms with E-state index in [0.29, 0.717) is 35.5 Å². The maximum atomic E-state index is 12.2. The average molecular weight is 316 g/mol. The van der Waals surface area contributed by atoms with Crippen molar-refractivity contribution in [1.29, 1.82) is 0 Å². The number of nitrogens with zero attached hydrogens (tertiary/aromatic N) is 1. The average Bonchev–Trinajstić information content (AvgIpc) is 3.21. The zero-order valence-electron chi connectivity index (χ0n) is 11.5. The first-order valence-corrected chi connectivity index (χ1v) is 7.64. The van der Waals surface area contributed by atoms with E-state index in [1.165, 1.54) is 0 Å². The predicted octanol–water partition coefficient (Wildman–Crippen LogP) is 3.65. The quantitative estimate of drug-likeness (QED) is 0.870. The summed E-state index contributed by atoms with van der Waals surface area (Å²) in [5.41, 5.74) is 0.983. The second kappa shape index (κ2) is 6.79. The molecule has 1 amide bonds. The normalized spacial score (nSPS) is 16.0. The number of halogens is 2. The number of carbonyl (C=O) groups is 1. The second-order valence-corrected chi connectivity index (χ2v) is 6.20. The van der Waals surface area contributed by atoms with Crippen LogP contribution < -0.4 is 0 Å². The third-order valence-corrected chi connectivity index (χ3v) is 4.16. The lowest BCUT2D eigenvalue weighted by molar-refractivity contribution is -0.133. The lowest BCUT2D eigenvalue weighted by atomic mass is 10.1. The molecule has 0 aromatic heterocycles. The highest BCUT2D eigenvalue weighted by molar-refractivity contribution is 6.42. The lowest BCUT2D eigenvalue weighted by Crippen LogP contribution is -2.32. The van der Waals surface area contributed by atoms with Gasteiger partial charge in [0, 0.05) is 19.0 Å². The zero-order valence-corrected chi connectivity index (χ0v) is 13.0. The van der Waals surface area contributed by atoms with Gasteiger partial charge in [0.2, 0.25) is 5.91 Å². The Labute approximate surface area is 129 Å². The first-order valence-electron chi connectivity index (χ1n) is 6.89. The zero-order chi connectivity index (χ0) is 14.7. The van der Waals surface area contributed by atoms with Gasteiger partial charge in [0.15, 0.2) is 0 Å². The van der Waals surface area contributed by atoms with E-state index < -0.39 is 6.10 Å². The van der Waals surface area contributed by atoms with Gasteiger partial charge < -0.3 is 10.0 Å². The van der Waals surface area contributed by atoms with Gasteiger partial charge in [-0.05, 0) is 43.9 Å². The van der Waals surface area contributed by atoms with Crippen LogP contribution in [0.4, 0.5) is 0 Å². The predicted molar refractivity (Wildman–Crippen MR) is 80.9 cm³/mol. The van der Waals surface area contributed by atoms with Crippen LogP contribution in [0.15, 0.2) is 18.2 Å². The van der Waals surface area contributed by atoms with Crippen LogP contribution in [-0.2, 0) is 11.3 Å². The minimum Gasteiger partial charge on any atom is -0.393 e. The molecule has 2 rings (SSSR count). The number of aliphatic hydroxyl groups is 1. The van der Waals surface area contributed by atoms with Crippen molar-refractivity contribution in [3.63, 3.8) is 0 Å². The van der Waals surface area contributed by atoms with Crippen LogP contribution in [0.5, 0.6) is 0 Å². The standard InChI is InChI=1S/C15H19Cl2NO2/c1-10(19)2-7-15(20)18(12-4-5-12)9-11-3-6-13(16)14(17)8-11/h3,6,8,10,12,19H,2,4-5,7,9H2,1H3. The molecule has 1 aromatic carbocycles. The van der Waals surface area contributed by atoms with Crippen molar-refractivity contribution in [1.82, 2.24) is 4.90 Å². The van der Waals surface area contributed by atoms with E-state index in [1.54, 1.807) is 19.1 Å². The molecule has 0 spiro atoms. The molecule has 1 unspecified atom stereocenters. The lowest BCUT2D eigenvalue weighted by Gasteiger charge is -2.23. The van der Waals surface area contributed by atoms with E-state index in [0.717, 1.165) is 18.4 Å². The largest absolute Gasteiger partial charge is 0.393 e. The molecule has 1 saturated carbocycles. The molecule has 20 heavy (non-hydrogen) atoms. The smallest absolute Gasteiger partial charge is 0.223 e. The van der Waals surface area contributed by atoms with E-state index in [9.17, 15) is 9.90 Å². The van der Waals surface area contributed by atoms with Gasteiger partial charge in [-0.15, -0.1) is 0 Å². The molecule has 1 aliphatic carbocycles. The Bertz CT molecular complexity index is 487. The monoisotopic (exact) mass is 315 g/mol. The minimum atomic E-state index is -0.440.